The van der Waals surface area contributed by atoms with Crippen LogP contribution in [0.2, 0.25) is 0 Å². The van der Waals surface area contributed by atoms with Crippen molar-refractivity contribution in [2.24, 2.45) is 0 Å². The maximum Gasteiger partial charge on any atom is 0.241 e. The molecule has 0 unspecified atom stereocenters. The molecule has 0 aliphatic rings. The summed E-state index contributed by atoms with van der Waals surface area (Å²) in [5.41, 5.74) is 0. The van der Waals surface area contributed by atoms with Crippen LogP contribution in [0.1, 0.15) is 30.3 Å². The van der Waals surface area contributed by atoms with Crippen LogP contribution in [-0.4, -0.2) is 11.0 Å². The fraction of sp³-hybridized carbons (Fsp3) is 0.333. The SMILES string of the molecule is CCCC[n+]1cc[nH]c1.O=C([O-])c1ccco1. The van der Waals surface area contributed by atoms with Crippen LogP contribution in [0.5, 0.6) is 0 Å². The van der Waals surface area contributed by atoms with Crippen LogP contribution in [0.25, 0.3) is 0 Å². The lowest BCUT2D eigenvalue weighted by atomic mass is 10.3. The molecule has 0 radical (unpaired) electrons. The number of carbonyl (C=O) groups excluding carboxylic acids is 1. The molecular weight excluding hydrogens is 220 g/mol. The lowest BCUT2D eigenvalue weighted by Gasteiger charge is -1.91. The van der Waals surface area contributed by atoms with Crippen LogP contribution >= 0.6 is 0 Å². The van der Waals surface area contributed by atoms with Crippen molar-refractivity contribution in [3.8, 4) is 0 Å². The van der Waals surface area contributed by atoms with Crippen molar-refractivity contribution in [1.29, 1.82) is 0 Å². The smallest absolute Gasteiger partial charge is 0.241 e. The van der Waals surface area contributed by atoms with Gasteiger partial charge in [-0.05, 0) is 18.6 Å². The molecule has 2 heterocycles. The minimum atomic E-state index is -1.28. The van der Waals surface area contributed by atoms with E-state index in [0.717, 1.165) is 6.54 Å². The first-order chi connectivity index (χ1) is 8.24. The molecule has 2 aromatic rings. The van der Waals surface area contributed by atoms with Gasteiger partial charge in [-0.2, -0.15) is 0 Å². The van der Waals surface area contributed by atoms with Gasteiger partial charge in [-0.3, -0.25) is 4.98 Å². The fourth-order valence-electron chi connectivity index (χ4n) is 1.20. The van der Waals surface area contributed by atoms with E-state index in [2.05, 4.69) is 27.1 Å². The Kier molecular flexibility index (Phi) is 5.57. The summed E-state index contributed by atoms with van der Waals surface area (Å²) < 4.78 is 6.59. The van der Waals surface area contributed by atoms with E-state index in [4.69, 9.17) is 0 Å². The maximum atomic E-state index is 9.86. The fourth-order valence-corrected chi connectivity index (χ4v) is 1.20. The zero-order chi connectivity index (χ0) is 12.5. The number of aromatic amines is 1. The summed E-state index contributed by atoms with van der Waals surface area (Å²) in [5.74, 6) is -1.42. The molecular formula is C12H16N2O3. The minimum absolute atomic E-state index is 0.134. The Labute approximate surface area is 99.7 Å². The predicted molar refractivity (Wildman–Crippen MR) is 58.9 cm³/mol. The Morgan fingerprint density at radius 1 is 1.59 bits per heavy atom. The second-order valence-corrected chi connectivity index (χ2v) is 3.47. The number of nitrogens with one attached hydrogen (secondary N) is 1. The molecule has 5 nitrogen and oxygen atoms in total. The normalized spacial score (nSPS) is 9.47. The quantitative estimate of drug-likeness (QED) is 0.796. The number of carbonyl (C=O) groups is 1. The number of aryl methyl sites for hydroxylation is 1. The molecule has 2 rings (SSSR count). The zero-order valence-electron chi connectivity index (χ0n) is 9.76. The number of hydrogen-bond acceptors (Lipinski definition) is 3. The van der Waals surface area contributed by atoms with Crippen LogP contribution < -0.4 is 9.67 Å². The molecule has 0 fully saturated rings. The number of H-pyrrole nitrogens is 1. The molecule has 17 heavy (non-hydrogen) atoms. The highest BCUT2D eigenvalue weighted by molar-refractivity contribution is 5.82. The van der Waals surface area contributed by atoms with Gasteiger partial charge in [-0.1, -0.05) is 13.3 Å². The second kappa shape index (κ2) is 7.27. The molecule has 1 N–H and O–H groups in total. The third kappa shape index (κ3) is 5.01. The number of carboxylic acids is 1. The maximum absolute atomic E-state index is 9.86. The van der Waals surface area contributed by atoms with Gasteiger partial charge in [0.15, 0.2) is 0 Å². The summed E-state index contributed by atoms with van der Waals surface area (Å²) in [6, 6.07) is 2.82. The molecule has 5 heteroatoms. The molecule has 0 atom stereocenters. The first kappa shape index (κ1) is 13.0. The second-order valence-electron chi connectivity index (χ2n) is 3.47. The summed E-state index contributed by atoms with van der Waals surface area (Å²) >= 11 is 0. The number of imidazole rings is 1. The van der Waals surface area contributed by atoms with E-state index in [-0.39, 0.29) is 5.76 Å². The summed E-state index contributed by atoms with van der Waals surface area (Å²) in [6.45, 7) is 3.34. The van der Waals surface area contributed by atoms with Crippen molar-refractivity contribution in [1.82, 2.24) is 4.98 Å². The number of aromatic nitrogens is 2. The lowest BCUT2D eigenvalue weighted by Crippen LogP contribution is -2.29. The first-order valence-electron chi connectivity index (χ1n) is 5.50. The van der Waals surface area contributed by atoms with Crippen molar-refractivity contribution >= 4 is 5.97 Å². The Balaban J connectivity index is 0.000000171. The lowest BCUT2D eigenvalue weighted by molar-refractivity contribution is -0.696. The number of furan rings is 1. The van der Waals surface area contributed by atoms with E-state index < -0.39 is 5.97 Å². The van der Waals surface area contributed by atoms with Gasteiger partial charge >= 0.3 is 0 Å². The van der Waals surface area contributed by atoms with Crippen LogP contribution in [0.3, 0.4) is 0 Å². The van der Waals surface area contributed by atoms with Gasteiger partial charge in [-0.25, -0.2) is 4.57 Å². The van der Waals surface area contributed by atoms with Gasteiger partial charge in [0, 0.05) is 0 Å². The van der Waals surface area contributed by atoms with Crippen molar-refractivity contribution in [3.63, 3.8) is 0 Å². The largest absolute Gasteiger partial charge is 0.542 e. The number of rotatable bonds is 4. The summed E-state index contributed by atoms with van der Waals surface area (Å²) in [4.78, 5) is 12.9. The average molecular weight is 236 g/mol. The average Bonchev–Trinajstić information content (AvgIpc) is 3.00. The monoisotopic (exact) mass is 236 g/mol. The van der Waals surface area contributed by atoms with Gasteiger partial charge in [0.1, 0.15) is 24.1 Å². The van der Waals surface area contributed by atoms with Crippen LogP contribution in [0.15, 0.2) is 41.5 Å². The Bertz CT molecular complexity index is 407. The highest BCUT2D eigenvalue weighted by atomic mass is 16.4. The molecule has 0 aliphatic carbocycles. The number of unbranched alkanes of at least 4 members (excludes halogenated alkanes) is 1. The van der Waals surface area contributed by atoms with E-state index in [1.165, 1.54) is 31.2 Å². The van der Waals surface area contributed by atoms with Crippen molar-refractivity contribution < 1.29 is 18.9 Å². The van der Waals surface area contributed by atoms with Crippen molar-refractivity contribution in [2.45, 2.75) is 26.3 Å². The molecule has 2 aromatic heterocycles. The molecule has 0 amide bonds. The molecule has 0 saturated heterocycles. The Hall–Kier alpha value is -2.04. The first-order valence-corrected chi connectivity index (χ1v) is 5.50. The molecule has 0 bridgehead atoms. The third-order valence-electron chi connectivity index (χ3n) is 2.09. The van der Waals surface area contributed by atoms with Gasteiger partial charge < -0.3 is 14.3 Å². The summed E-state index contributed by atoms with van der Waals surface area (Å²) in [5, 5.41) is 9.86. The number of hydrogen-bond donors (Lipinski definition) is 1. The standard InChI is InChI=1S/C7H12N2.C5H4O3/c1-2-3-5-9-6-4-8-7-9;6-5(7)4-2-1-3-8-4/h4,6-7H,2-3,5H2,1H3;1-3H,(H,6,7). The Morgan fingerprint density at radius 2 is 2.41 bits per heavy atom. The van der Waals surface area contributed by atoms with Crippen molar-refractivity contribution in [2.75, 3.05) is 0 Å². The van der Waals surface area contributed by atoms with E-state index in [1.54, 1.807) is 0 Å². The predicted octanol–water partition coefficient (Wildman–Crippen LogP) is 0.745. The van der Waals surface area contributed by atoms with E-state index in [0.29, 0.717) is 0 Å². The molecule has 0 aromatic carbocycles. The van der Waals surface area contributed by atoms with Crippen LogP contribution in [0.4, 0.5) is 0 Å². The van der Waals surface area contributed by atoms with E-state index in [9.17, 15) is 9.90 Å². The summed E-state index contributed by atoms with van der Waals surface area (Å²) in [6.07, 6.45) is 9.78. The van der Waals surface area contributed by atoms with Gasteiger partial charge in [0.2, 0.25) is 6.33 Å². The minimum Gasteiger partial charge on any atom is -0.542 e. The van der Waals surface area contributed by atoms with Crippen LogP contribution in [-0.2, 0) is 6.54 Å². The highest BCUT2D eigenvalue weighted by Gasteiger charge is 1.92. The van der Waals surface area contributed by atoms with E-state index in [1.807, 2.05) is 12.5 Å². The number of nitrogens with zero attached hydrogens (tertiary/aromatic N) is 1. The third-order valence-corrected chi connectivity index (χ3v) is 2.09. The number of aromatic carboxylic acids is 1. The van der Waals surface area contributed by atoms with Gasteiger partial charge in [-0.15, -0.1) is 0 Å². The molecule has 0 saturated carbocycles. The molecule has 0 aliphatic heterocycles. The van der Waals surface area contributed by atoms with Gasteiger partial charge in [0.25, 0.3) is 0 Å². The van der Waals surface area contributed by atoms with Crippen LogP contribution in [0, 0.1) is 0 Å². The van der Waals surface area contributed by atoms with E-state index >= 15 is 0 Å². The molecule has 0 spiro atoms. The van der Waals surface area contributed by atoms with Crippen molar-refractivity contribution in [3.05, 3.63) is 42.9 Å². The summed E-state index contributed by atoms with van der Waals surface area (Å²) in [7, 11) is 0. The number of carboxylic acid groups (broad SMARTS) is 1. The Morgan fingerprint density at radius 3 is 2.82 bits per heavy atom. The highest BCUT2D eigenvalue weighted by Crippen LogP contribution is 1.95. The topological polar surface area (TPSA) is 72.9 Å². The zero-order valence-corrected chi connectivity index (χ0v) is 9.76. The van der Waals surface area contributed by atoms with Gasteiger partial charge in [0.05, 0.1) is 12.8 Å². The molecule has 92 valence electrons.